The molecule has 5 heteroatoms. The van der Waals surface area contributed by atoms with Crippen molar-refractivity contribution in [2.45, 2.75) is 51.1 Å². The Hall–Kier alpha value is -0.940. The highest BCUT2D eigenvalue weighted by molar-refractivity contribution is 5.93. The Morgan fingerprint density at radius 3 is 2.50 bits per heavy atom. The minimum Gasteiger partial charge on any atom is -0.391 e. The van der Waals surface area contributed by atoms with Crippen LogP contribution in [-0.2, 0) is 14.3 Å². The van der Waals surface area contributed by atoms with E-state index in [1.165, 1.54) is 0 Å². The molecule has 0 unspecified atom stereocenters. The molecule has 0 heterocycles. The molecule has 0 aromatic carbocycles. The van der Waals surface area contributed by atoms with E-state index in [1.54, 1.807) is 6.92 Å². The fourth-order valence-corrected chi connectivity index (χ4v) is 1.88. The Morgan fingerprint density at radius 1 is 1.44 bits per heavy atom. The van der Waals surface area contributed by atoms with Gasteiger partial charge in [-0.1, -0.05) is 19.8 Å². The van der Waals surface area contributed by atoms with E-state index in [-0.39, 0.29) is 0 Å². The molecule has 1 aliphatic carbocycles. The summed E-state index contributed by atoms with van der Waals surface area (Å²) in [5, 5.41) is 2.89. The van der Waals surface area contributed by atoms with Gasteiger partial charge in [0.2, 0.25) is 0 Å². The zero-order chi connectivity index (χ0) is 12.2. The number of carbonyl (C=O) groups is 2. The molecule has 3 N–H and O–H groups in total. The van der Waals surface area contributed by atoms with Gasteiger partial charge in [0.1, 0.15) is 11.6 Å². The highest BCUT2D eigenvalue weighted by Crippen LogP contribution is 2.28. The van der Waals surface area contributed by atoms with Crippen molar-refractivity contribution in [3.63, 3.8) is 0 Å². The minimum absolute atomic E-state index is 0.473. The van der Waals surface area contributed by atoms with Gasteiger partial charge < -0.3 is 15.8 Å². The van der Waals surface area contributed by atoms with Gasteiger partial charge in [-0.05, 0) is 26.3 Å². The first-order valence-corrected chi connectivity index (χ1v) is 5.78. The molecule has 0 aromatic rings. The van der Waals surface area contributed by atoms with Gasteiger partial charge in [0, 0.05) is 0 Å². The molecule has 0 saturated heterocycles. The Labute approximate surface area is 95.7 Å². The maximum atomic E-state index is 11.7. The molecule has 0 radical (unpaired) electrons. The van der Waals surface area contributed by atoms with Crippen LogP contribution in [0.5, 0.6) is 0 Å². The van der Waals surface area contributed by atoms with E-state index in [0.29, 0.717) is 19.4 Å². The molecule has 0 aromatic heterocycles. The number of likely N-dealkylation sites (N-methyl/N-ethyl adjacent to an activating group) is 1. The first kappa shape index (κ1) is 13.1. The van der Waals surface area contributed by atoms with E-state index < -0.39 is 23.5 Å². The van der Waals surface area contributed by atoms with Crippen molar-refractivity contribution in [3.8, 4) is 0 Å². The zero-order valence-electron chi connectivity index (χ0n) is 9.91. The summed E-state index contributed by atoms with van der Waals surface area (Å²) in [5.41, 5.74) is 4.93. The average molecular weight is 228 g/mol. The molecule has 16 heavy (non-hydrogen) atoms. The molecule has 1 saturated carbocycles. The fourth-order valence-electron chi connectivity index (χ4n) is 1.88. The van der Waals surface area contributed by atoms with Crippen LogP contribution in [0.2, 0.25) is 0 Å². The SMILES string of the molecule is CCN[C@@H](C)C(=O)OC(=O)C1(N)CCCC1. The van der Waals surface area contributed by atoms with Crippen LogP contribution in [0.4, 0.5) is 0 Å². The standard InChI is InChI=1S/C11H20N2O3/c1-3-13-8(2)9(14)16-10(15)11(12)6-4-5-7-11/h8,13H,3-7,12H2,1-2H3/t8-/m0/s1. The van der Waals surface area contributed by atoms with E-state index in [4.69, 9.17) is 10.5 Å². The normalized spacial score (nSPS) is 20.4. The summed E-state index contributed by atoms with van der Waals surface area (Å²) in [5.74, 6) is -1.14. The highest BCUT2D eigenvalue weighted by atomic mass is 16.6. The van der Waals surface area contributed by atoms with Crippen molar-refractivity contribution in [1.29, 1.82) is 0 Å². The van der Waals surface area contributed by atoms with Crippen LogP contribution in [-0.4, -0.2) is 30.1 Å². The minimum atomic E-state index is -0.943. The van der Waals surface area contributed by atoms with E-state index in [9.17, 15) is 9.59 Å². The third kappa shape index (κ3) is 3.02. The monoisotopic (exact) mass is 228 g/mol. The van der Waals surface area contributed by atoms with Crippen molar-refractivity contribution in [1.82, 2.24) is 5.32 Å². The van der Waals surface area contributed by atoms with Crippen LogP contribution in [0, 0.1) is 0 Å². The number of hydrogen-bond acceptors (Lipinski definition) is 5. The zero-order valence-corrected chi connectivity index (χ0v) is 9.91. The Kier molecular flexibility index (Phi) is 4.44. The van der Waals surface area contributed by atoms with Crippen molar-refractivity contribution in [3.05, 3.63) is 0 Å². The summed E-state index contributed by atoms with van der Waals surface area (Å²) in [6.45, 7) is 4.20. The summed E-state index contributed by atoms with van der Waals surface area (Å²) >= 11 is 0. The molecule has 1 aliphatic rings. The lowest BCUT2D eigenvalue weighted by Gasteiger charge is -2.21. The maximum Gasteiger partial charge on any atom is 0.333 e. The van der Waals surface area contributed by atoms with Crippen molar-refractivity contribution in [2.24, 2.45) is 5.73 Å². The summed E-state index contributed by atoms with van der Waals surface area (Å²) in [6, 6.07) is -0.473. The van der Waals surface area contributed by atoms with Crippen LogP contribution in [0.1, 0.15) is 39.5 Å². The number of nitrogens with two attached hydrogens (primary N) is 1. The van der Waals surface area contributed by atoms with E-state index >= 15 is 0 Å². The number of rotatable bonds is 4. The van der Waals surface area contributed by atoms with Crippen LogP contribution in [0.25, 0.3) is 0 Å². The van der Waals surface area contributed by atoms with Gasteiger partial charge in [-0.2, -0.15) is 0 Å². The first-order chi connectivity index (χ1) is 7.49. The second kappa shape index (κ2) is 5.41. The third-order valence-corrected chi connectivity index (χ3v) is 2.96. The Morgan fingerprint density at radius 2 is 2.00 bits per heavy atom. The van der Waals surface area contributed by atoms with Gasteiger partial charge in [0.15, 0.2) is 0 Å². The van der Waals surface area contributed by atoms with E-state index in [2.05, 4.69) is 5.32 Å². The van der Waals surface area contributed by atoms with Crippen LogP contribution in [0.3, 0.4) is 0 Å². The molecule has 5 nitrogen and oxygen atoms in total. The molecule has 92 valence electrons. The number of carbonyl (C=O) groups excluding carboxylic acids is 2. The van der Waals surface area contributed by atoms with Gasteiger partial charge in [-0.25, -0.2) is 9.59 Å². The van der Waals surface area contributed by atoms with Crippen LogP contribution < -0.4 is 11.1 Å². The maximum absolute atomic E-state index is 11.7. The van der Waals surface area contributed by atoms with Gasteiger partial charge in [-0.15, -0.1) is 0 Å². The molecular weight excluding hydrogens is 208 g/mol. The Bertz CT molecular complexity index is 272. The van der Waals surface area contributed by atoms with E-state index in [1.807, 2.05) is 6.92 Å². The second-order valence-corrected chi connectivity index (χ2v) is 4.35. The lowest BCUT2D eigenvalue weighted by Crippen LogP contribution is -2.49. The lowest BCUT2D eigenvalue weighted by atomic mass is 10.00. The first-order valence-electron chi connectivity index (χ1n) is 5.78. The molecule has 0 amide bonds. The molecular formula is C11H20N2O3. The van der Waals surface area contributed by atoms with Crippen LogP contribution in [0.15, 0.2) is 0 Å². The molecule has 0 aliphatic heterocycles. The lowest BCUT2D eigenvalue weighted by molar-refractivity contribution is -0.164. The molecule has 1 rings (SSSR count). The molecule has 1 fully saturated rings. The average Bonchev–Trinajstić information content (AvgIpc) is 2.66. The highest BCUT2D eigenvalue weighted by Gasteiger charge is 2.40. The molecule has 0 bridgehead atoms. The largest absolute Gasteiger partial charge is 0.391 e. The van der Waals surface area contributed by atoms with Gasteiger partial charge in [-0.3, -0.25) is 0 Å². The predicted octanol–water partition coefficient (Wildman–Crippen LogP) is 0.326. The van der Waals surface area contributed by atoms with Crippen LogP contribution >= 0.6 is 0 Å². The Balaban J connectivity index is 2.47. The van der Waals surface area contributed by atoms with Gasteiger partial charge in [0.05, 0.1) is 0 Å². The number of hydrogen-bond donors (Lipinski definition) is 2. The fraction of sp³-hybridized carbons (Fsp3) is 0.818. The smallest absolute Gasteiger partial charge is 0.333 e. The third-order valence-electron chi connectivity index (χ3n) is 2.96. The molecule has 1 atom stereocenters. The summed E-state index contributed by atoms with van der Waals surface area (Å²) < 4.78 is 4.79. The second-order valence-electron chi connectivity index (χ2n) is 4.35. The number of nitrogens with one attached hydrogen (secondary N) is 1. The van der Waals surface area contributed by atoms with Gasteiger partial charge in [0.25, 0.3) is 0 Å². The van der Waals surface area contributed by atoms with Crippen molar-refractivity contribution >= 4 is 11.9 Å². The predicted molar refractivity (Wildman–Crippen MR) is 59.6 cm³/mol. The number of ether oxygens (including phenoxy) is 1. The summed E-state index contributed by atoms with van der Waals surface area (Å²) in [6.07, 6.45) is 3.05. The summed E-state index contributed by atoms with van der Waals surface area (Å²) in [4.78, 5) is 23.2. The number of esters is 2. The van der Waals surface area contributed by atoms with Crippen molar-refractivity contribution < 1.29 is 14.3 Å². The summed E-state index contributed by atoms with van der Waals surface area (Å²) in [7, 11) is 0. The topological polar surface area (TPSA) is 81.4 Å². The quantitative estimate of drug-likeness (QED) is 0.535. The van der Waals surface area contributed by atoms with Crippen molar-refractivity contribution in [2.75, 3.05) is 6.54 Å². The van der Waals surface area contributed by atoms with Gasteiger partial charge >= 0.3 is 11.9 Å². The van der Waals surface area contributed by atoms with E-state index in [0.717, 1.165) is 12.8 Å². The molecule has 0 spiro atoms.